The van der Waals surface area contributed by atoms with Gasteiger partial charge in [-0.2, -0.15) is 0 Å². The molecule has 1 N–H and O–H groups in total. The lowest BCUT2D eigenvalue weighted by Gasteiger charge is -2.30. The van der Waals surface area contributed by atoms with E-state index in [-0.39, 0.29) is 23.7 Å². The van der Waals surface area contributed by atoms with E-state index in [1.165, 1.54) is 9.87 Å². The molecule has 7 heteroatoms. The van der Waals surface area contributed by atoms with Crippen LogP contribution in [0.3, 0.4) is 0 Å². The maximum absolute atomic E-state index is 12.8. The van der Waals surface area contributed by atoms with Gasteiger partial charge in [0.1, 0.15) is 5.75 Å². The van der Waals surface area contributed by atoms with Crippen LogP contribution in [0.25, 0.3) is 0 Å². The molecule has 180 valence electrons. The van der Waals surface area contributed by atoms with E-state index in [4.69, 9.17) is 4.74 Å². The third kappa shape index (κ3) is 7.86. The Morgan fingerprint density at radius 1 is 1.03 bits per heavy atom. The number of rotatable bonds is 10. The second-order valence-corrected chi connectivity index (χ2v) is 11.1. The molecule has 0 aliphatic carbocycles. The number of sulfonamides is 1. The van der Waals surface area contributed by atoms with Crippen molar-refractivity contribution in [3.63, 3.8) is 0 Å². The van der Waals surface area contributed by atoms with E-state index in [1.807, 2.05) is 57.2 Å². The molecule has 6 nitrogen and oxygen atoms in total. The van der Waals surface area contributed by atoms with Crippen molar-refractivity contribution >= 4 is 15.9 Å². The van der Waals surface area contributed by atoms with Gasteiger partial charge in [-0.3, -0.25) is 4.79 Å². The largest absolute Gasteiger partial charge is 0.491 e. The average Bonchev–Trinajstić information content (AvgIpc) is 2.79. The lowest BCUT2D eigenvalue weighted by Crippen LogP contribution is -2.43. The molecule has 2 aromatic carbocycles. The molecule has 1 saturated heterocycles. The molecule has 0 bridgehead atoms. The van der Waals surface area contributed by atoms with Gasteiger partial charge in [-0.15, -0.1) is 0 Å². The highest BCUT2D eigenvalue weighted by molar-refractivity contribution is 7.88. The number of nitrogens with one attached hydrogen (secondary N) is 1. The van der Waals surface area contributed by atoms with Crippen LogP contribution in [-0.2, 0) is 27.0 Å². The summed E-state index contributed by atoms with van der Waals surface area (Å²) < 4.78 is 32.7. The smallest absolute Gasteiger partial charge is 0.223 e. The highest BCUT2D eigenvalue weighted by Crippen LogP contribution is 2.22. The number of carbonyl (C=O) groups is 1. The molecular weight excluding hydrogens is 436 g/mol. The molecule has 0 spiro atoms. The summed E-state index contributed by atoms with van der Waals surface area (Å²) in [7, 11) is -3.37. The van der Waals surface area contributed by atoms with E-state index < -0.39 is 10.0 Å². The summed E-state index contributed by atoms with van der Waals surface area (Å²) in [6, 6.07) is 15.7. The Hall–Kier alpha value is -2.38. The van der Waals surface area contributed by atoms with Crippen molar-refractivity contribution < 1.29 is 17.9 Å². The van der Waals surface area contributed by atoms with E-state index in [2.05, 4.69) is 17.4 Å². The molecule has 1 aliphatic rings. The third-order valence-electron chi connectivity index (χ3n) is 5.92. The summed E-state index contributed by atoms with van der Waals surface area (Å²) in [5.74, 6) is 0.790. The minimum atomic E-state index is -3.37. The van der Waals surface area contributed by atoms with Crippen LogP contribution in [0, 0.1) is 12.8 Å². The molecule has 0 radical (unpaired) electrons. The van der Waals surface area contributed by atoms with E-state index in [9.17, 15) is 13.2 Å². The van der Waals surface area contributed by atoms with Crippen LogP contribution in [0.4, 0.5) is 0 Å². The van der Waals surface area contributed by atoms with Crippen LogP contribution in [0.15, 0.2) is 48.5 Å². The maximum atomic E-state index is 12.8. The number of ether oxygens (including phenoxy) is 1. The molecule has 0 unspecified atom stereocenters. The fourth-order valence-electron chi connectivity index (χ4n) is 4.04. The van der Waals surface area contributed by atoms with Gasteiger partial charge in [0.2, 0.25) is 15.9 Å². The lowest BCUT2D eigenvalue weighted by atomic mass is 9.97. The monoisotopic (exact) mass is 472 g/mol. The van der Waals surface area contributed by atoms with Crippen LogP contribution in [-0.4, -0.2) is 44.4 Å². The first-order valence-corrected chi connectivity index (χ1v) is 13.4. The van der Waals surface area contributed by atoms with Gasteiger partial charge in [-0.1, -0.05) is 42.0 Å². The number of aryl methyl sites for hydroxylation is 2. The van der Waals surface area contributed by atoms with Gasteiger partial charge < -0.3 is 10.1 Å². The minimum Gasteiger partial charge on any atom is -0.491 e. The van der Waals surface area contributed by atoms with Crippen molar-refractivity contribution in [2.24, 2.45) is 5.92 Å². The third-order valence-corrected chi connectivity index (χ3v) is 7.77. The summed E-state index contributed by atoms with van der Waals surface area (Å²) in [4.78, 5) is 12.5. The molecule has 0 aromatic heterocycles. The molecular formula is C26H36N2O4S. The van der Waals surface area contributed by atoms with E-state index >= 15 is 0 Å². The Bertz CT molecular complexity index is 994. The van der Waals surface area contributed by atoms with Crippen LogP contribution in [0.1, 0.15) is 49.8 Å². The van der Waals surface area contributed by atoms with E-state index in [1.54, 1.807) is 0 Å². The maximum Gasteiger partial charge on any atom is 0.223 e. The van der Waals surface area contributed by atoms with Crippen molar-refractivity contribution in [1.29, 1.82) is 0 Å². The van der Waals surface area contributed by atoms with Crippen LogP contribution < -0.4 is 10.1 Å². The molecule has 0 saturated carbocycles. The summed E-state index contributed by atoms with van der Waals surface area (Å²) in [6.07, 6.45) is 3.04. The molecule has 2 aromatic rings. The minimum absolute atomic E-state index is 0.00865. The SMILES string of the molecule is Cc1ccc(CS(=O)(=O)N2CCC(C(=O)NCCCc3ccc(OC(C)C)cc3)CC2)cc1. The van der Waals surface area contributed by atoms with Crippen LogP contribution in [0.5, 0.6) is 5.75 Å². The molecule has 1 aliphatic heterocycles. The van der Waals surface area contributed by atoms with Gasteiger partial charge in [0, 0.05) is 25.6 Å². The van der Waals surface area contributed by atoms with Crippen LogP contribution >= 0.6 is 0 Å². The standard InChI is InChI=1S/C26H36N2O4S/c1-20(2)32-25-12-10-22(11-13-25)5-4-16-27-26(29)24-14-17-28(18-15-24)33(30,31)19-23-8-6-21(3)7-9-23/h6-13,20,24H,4-5,14-19H2,1-3H3,(H,27,29). The Kier molecular flexibility index (Phi) is 8.92. The van der Waals surface area contributed by atoms with Gasteiger partial charge in [-0.05, 0) is 69.7 Å². The van der Waals surface area contributed by atoms with Crippen molar-refractivity contribution in [3.8, 4) is 5.75 Å². The highest BCUT2D eigenvalue weighted by Gasteiger charge is 2.31. The van der Waals surface area contributed by atoms with Crippen molar-refractivity contribution in [2.75, 3.05) is 19.6 Å². The zero-order valence-electron chi connectivity index (χ0n) is 19.9. The summed E-state index contributed by atoms with van der Waals surface area (Å²) in [6.45, 7) is 7.41. The zero-order chi connectivity index (χ0) is 23.8. The molecule has 1 fully saturated rings. The van der Waals surface area contributed by atoms with Gasteiger partial charge in [0.05, 0.1) is 11.9 Å². The number of benzene rings is 2. The van der Waals surface area contributed by atoms with Gasteiger partial charge >= 0.3 is 0 Å². The second-order valence-electron chi connectivity index (χ2n) is 9.12. The Morgan fingerprint density at radius 3 is 2.24 bits per heavy atom. The first kappa shape index (κ1) is 25.2. The summed E-state index contributed by atoms with van der Waals surface area (Å²) in [5.41, 5.74) is 3.12. The lowest BCUT2D eigenvalue weighted by molar-refractivity contribution is -0.126. The van der Waals surface area contributed by atoms with E-state index in [0.29, 0.717) is 32.5 Å². The Morgan fingerprint density at radius 2 is 1.64 bits per heavy atom. The Balaban J connectivity index is 1.37. The average molecular weight is 473 g/mol. The quantitative estimate of drug-likeness (QED) is 0.529. The molecule has 1 amide bonds. The normalized spacial score (nSPS) is 15.5. The fourth-order valence-corrected chi connectivity index (χ4v) is 5.60. The molecule has 3 rings (SSSR count). The summed E-state index contributed by atoms with van der Waals surface area (Å²) in [5, 5.41) is 3.03. The van der Waals surface area contributed by atoms with Gasteiger partial charge in [0.15, 0.2) is 0 Å². The zero-order valence-corrected chi connectivity index (χ0v) is 20.7. The van der Waals surface area contributed by atoms with Crippen molar-refractivity contribution in [1.82, 2.24) is 9.62 Å². The highest BCUT2D eigenvalue weighted by atomic mass is 32.2. The van der Waals surface area contributed by atoms with Crippen LogP contribution in [0.2, 0.25) is 0 Å². The molecule has 33 heavy (non-hydrogen) atoms. The predicted molar refractivity (Wildman–Crippen MR) is 132 cm³/mol. The predicted octanol–water partition coefficient (Wildman–Crippen LogP) is 4.07. The van der Waals surface area contributed by atoms with Gasteiger partial charge in [-0.25, -0.2) is 12.7 Å². The number of carbonyl (C=O) groups excluding carboxylic acids is 1. The summed E-state index contributed by atoms with van der Waals surface area (Å²) >= 11 is 0. The molecule has 0 atom stereocenters. The van der Waals surface area contributed by atoms with Crippen molar-refractivity contribution in [2.45, 2.75) is 58.3 Å². The number of piperidine rings is 1. The first-order valence-electron chi connectivity index (χ1n) is 11.8. The van der Waals surface area contributed by atoms with E-state index in [0.717, 1.165) is 29.7 Å². The number of amides is 1. The molecule has 1 heterocycles. The second kappa shape index (κ2) is 11.7. The first-order chi connectivity index (χ1) is 15.7. The fraction of sp³-hybridized carbons (Fsp3) is 0.500. The number of hydrogen-bond donors (Lipinski definition) is 1. The van der Waals surface area contributed by atoms with Crippen molar-refractivity contribution in [3.05, 3.63) is 65.2 Å². The topological polar surface area (TPSA) is 75.7 Å². The Labute approximate surface area is 198 Å². The number of hydrogen-bond acceptors (Lipinski definition) is 4. The van der Waals surface area contributed by atoms with Gasteiger partial charge in [0.25, 0.3) is 0 Å². The number of nitrogens with zero attached hydrogens (tertiary/aromatic N) is 1.